The summed E-state index contributed by atoms with van der Waals surface area (Å²) in [5, 5.41) is 0. The maximum Gasteiger partial charge on any atom is 0.240 e. The van der Waals surface area contributed by atoms with Crippen LogP contribution in [0.4, 0.5) is 0 Å². The SMILES string of the molecule is Cc1ccccc1S(=O)(=O)NCC(c1ccco1)N1CCCC1. The van der Waals surface area contributed by atoms with Crippen LogP contribution in [0, 0.1) is 6.92 Å². The molecule has 1 atom stereocenters. The molecule has 0 bridgehead atoms. The van der Waals surface area contributed by atoms with Crippen molar-refractivity contribution >= 4 is 10.0 Å². The minimum absolute atomic E-state index is 0.0636. The highest BCUT2D eigenvalue weighted by Gasteiger charge is 2.27. The molecule has 1 unspecified atom stereocenters. The molecule has 0 amide bonds. The van der Waals surface area contributed by atoms with Gasteiger partial charge >= 0.3 is 0 Å². The largest absolute Gasteiger partial charge is 0.468 e. The van der Waals surface area contributed by atoms with E-state index in [0.29, 0.717) is 11.4 Å². The van der Waals surface area contributed by atoms with Crippen LogP contribution in [0.2, 0.25) is 0 Å². The van der Waals surface area contributed by atoms with Crippen molar-refractivity contribution in [2.45, 2.75) is 30.7 Å². The van der Waals surface area contributed by atoms with Crippen LogP contribution in [0.25, 0.3) is 0 Å². The zero-order valence-electron chi connectivity index (χ0n) is 13.2. The zero-order chi connectivity index (χ0) is 16.3. The lowest BCUT2D eigenvalue weighted by Crippen LogP contribution is -2.36. The molecule has 1 saturated heterocycles. The minimum Gasteiger partial charge on any atom is -0.468 e. The van der Waals surface area contributed by atoms with Crippen molar-refractivity contribution in [3.05, 3.63) is 54.0 Å². The third-order valence-corrected chi connectivity index (χ3v) is 5.89. The maximum atomic E-state index is 12.6. The highest BCUT2D eigenvalue weighted by Crippen LogP contribution is 2.25. The standard InChI is InChI=1S/C17H22N2O3S/c1-14-7-2-3-9-17(14)23(20,21)18-13-15(16-8-6-12-22-16)19-10-4-5-11-19/h2-3,6-9,12,15,18H,4-5,10-11,13H2,1H3. The molecule has 3 rings (SSSR count). The molecule has 5 nitrogen and oxygen atoms in total. The Kier molecular flexibility index (Phi) is 4.84. The second-order valence-corrected chi connectivity index (χ2v) is 7.63. The third-order valence-electron chi connectivity index (χ3n) is 4.30. The first-order valence-corrected chi connectivity index (χ1v) is 9.39. The average molecular weight is 334 g/mol. The van der Waals surface area contributed by atoms with Gasteiger partial charge in [-0.25, -0.2) is 13.1 Å². The molecular formula is C17H22N2O3S. The first-order valence-electron chi connectivity index (χ1n) is 7.91. The average Bonchev–Trinajstić information content (AvgIpc) is 3.21. The van der Waals surface area contributed by atoms with Crippen LogP contribution in [0.1, 0.15) is 30.2 Å². The van der Waals surface area contributed by atoms with E-state index in [0.717, 1.165) is 37.3 Å². The lowest BCUT2D eigenvalue weighted by Gasteiger charge is -2.26. The quantitative estimate of drug-likeness (QED) is 0.882. The number of nitrogens with zero attached hydrogens (tertiary/aromatic N) is 1. The van der Waals surface area contributed by atoms with Gasteiger partial charge in [-0.05, 0) is 56.6 Å². The van der Waals surface area contributed by atoms with Crippen molar-refractivity contribution in [1.29, 1.82) is 0 Å². The summed E-state index contributed by atoms with van der Waals surface area (Å²) >= 11 is 0. The Bertz CT molecular complexity index is 735. The van der Waals surface area contributed by atoms with E-state index in [1.807, 2.05) is 18.2 Å². The zero-order valence-corrected chi connectivity index (χ0v) is 14.1. The fraction of sp³-hybridized carbons (Fsp3) is 0.412. The number of nitrogens with one attached hydrogen (secondary N) is 1. The third kappa shape index (κ3) is 3.65. The number of benzene rings is 1. The van der Waals surface area contributed by atoms with E-state index >= 15 is 0 Å². The van der Waals surface area contributed by atoms with Gasteiger partial charge in [-0.1, -0.05) is 18.2 Å². The van der Waals surface area contributed by atoms with Gasteiger partial charge < -0.3 is 4.42 Å². The van der Waals surface area contributed by atoms with Gasteiger partial charge in [0.05, 0.1) is 17.2 Å². The number of hydrogen-bond donors (Lipinski definition) is 1. The summed E-state index contributed by atoms with van der Waals surface area (Å²) in [6.45, 7) is 4.05. The van der Waals surface area contributed by atoms with E-state index < -0.39 is 10.0 Å². The highest BCUT2D eigenvalue weighted by atomic mass is 32.2. The van der Waals surface area contributed by atoms with Crippen LogP contribution in [0.5, 0.6) is 0 Å². The Balaban J connectivity index is 1.77. The number of furan rings is 1. The van der Waals surface area contributed by atoms with Crippen LogP contribution in [-0.2, 0) is 10.0 Å². The van der Waals surface area contributed by atoms with Crippen LogP contribution in [-0.4, -0.2) is 33.0 Å². The van der Waals surface area contributed by atoms with Gasteiger partial charge in [-0.2, -0.15) is 0 Å². The minimum atomic E-state index is -3.52. The van der Waals surface area contributed by atoms with Crippen LogP contribution in [0.15, 0.2) is 52.0 Å². The second kappa shape index (κ2) is 6.86. The molecule has 2 heterocycles. The molecule has 1 aromatic heterocycles. The molecule has 124 valence electrons. The van der Waals surface area contributed by atoms with E-state index in [9.17, 15) is 8.42 Å². The van der Waals surface area contributed by atoms with Crippen molar-refractivity contribution in [1.82, 2.24) is 9.62 Å². The molecule has 1 aliphatic heterocycles. The normalized spacial score (nSPS) is 17.4. The van der Waals surface area contributed by atoms with Crippen LogP contribution < -0.4 is 4.72 Å². The molecule has 0 aliphatic carbocycles. The summed E-state index contributed by atoms with van der Waals surface area (Å²) in [4.78, 5) is 2.61. The smallest absolute Gasteiger partial charge is 0.240 e. The van der Waals surface area contributed by atoms with Crippen molar-refractivity contribution in [2.75, 3.05) is 19.6 Å². The summed E-state index contributed by atoms with van der Waals surface area (Å²) in [5.41, 5.74) is 0.746. The lowest BCUT2D eigenvalue weighted by molar-refractivity contribution is 0.216. The van der Waals surface area contributed by atoms with Gasteiger partial charge in [-0.15, -0.1) is 0 Å². The summed E-state index contributed by atoms with van der Waals surface area (Å²) in [5.74, 6) is 0.805. The first-order chi connectivity index (χ1) is 11.1. The fourth-order valence-electron chi connectivity index (χ4n) is 3.07. The van der Waals surface area contributed by atoms with E-state index in [1.165, 1.54) is 0 Å². The van der Waals surface area contributed by atoms with Crippen molar-refractivity contribution in [3.63, 3.8) is 0 Å². The Hall–Kier alpha value is -1.63. The molecule has 23 heavy (non-hydrogen) atoms. The van der Waals surface area contributed by atoms with Gasteiger partial charge in [0.25, 0.3) is 0 Å². The maximum absolute atomic E-state index is 12.6. The van der Waals surface area contributed by atoms with Crippen molar-refractivity contribution in [2.24, 2.45) is 0 Å². The molecule has 1 N–H and O–H groups in total. The van der Waals surface area contributed by atoms with Crippen LogP contribution in [0.3, 0.4) is 0 Å². The van der Waals surface area contributed by atoms with E-state index in [1.54, 1.807) is 31.4 Å². The van der Waals surface area contributed by atoms with Crippen molar-refractivity contribution < 1.29 is 12.8 Å². The predicted molar refractivity (Wildman–Crippen MR) is 88.6 cm³/mol. The molecule has 0 radical (unpaired) electrons. The van der Waals surface area contributed by atoms with E-state index in [4.69, 9.17) is 4.42 Å². The molecule has 1 fully saturated rings. The molecule has 0 spiro atoms. The summed E-state index contributed by atoms with van der Waals surface area (Å²) in [6.07, 6.45) is 3.91. The molecule has 2 aromatic rings. The van der Waals surface area contributed by atoms with Crippen molar-refractivity contribution in [3.8, 4) is 0 Å². The predicted octanol–water partition coefficient (Wildman–Crippen LogP) is 2.70. The van der Waals surface area contributed by atoms with Gasteiger partial charge in [-0.3, -0.25) is 4.90 Å². The van der Waals surface area contributed by atoms with Crippen LogP contribution >= 0.6 is 0 Å². The summed E-state index contributed by atoms with van der Waals surface area (Å²) < 4.78 is 33.4. The molecule has 6 heteroatoms. The number of sulfonamides is 1. The van der Waals surface area contributed by atoms with E-state index in [2.05, 4.69) is 9.62 Å². The number of rotatable bonds is 6. The highest BCUT2D eigenvalue weighted by molar-refractivity contribution is 7.89. The Morgan fingerprint density at radius 3 is 2.57 bits per heavy atom. The van der Waals surface area contributed by atoms with Gasteiger partial charge in [0.1, 0.15) is 5.76 Å². The number of hydrogen-bond acceptors (Lipinski definition) is 4. The molecule has 1 aromatic carbocycles. The van der Waals surface area contributed by atoms with Gasteiger partial charge in [0.15, 0.2) is 0 Å². The topological polar surface area (TPSA) is 62.6 Å². The number of aryl methyl sites for hydroxylation is 1. The number of likely N-dealkylation sites (tertiary alicyclic amines) is 1. The lowest BCUT2D eigenvalue weighted by atomic mass is 10.2. The molecule has 0 saturated carbocycles. The Labute approximate surface area is 137 Å². The summed E-state index contributed by atoms with van der Waals surface area (Å²) in [7, 11) is -3.52. The van der Waals surface area contributed by atoms with E-state index in [-0.39, 0.29) is 6.04 Å². The Morgan fingerprint density at radius 1 is 1.17 bits per heavy atom. The second-order valence-electron chi connectivity index (χ2n) is 5.89. The van der Waals surface area contributed by atoms with Gasteiger partial charge in [0, 0.05) is 6.54 Å². The monoisotopic (exact) mass is 334 g/mol. The fourth-order valence-corrected chi connectivity index (χ4v) is 4.35. The molecular weight excluding hydrogens is 312 g/mol. The van der Waals surface area contributed by atoms with Gasteiger partial charge in [0.2, 0.25) is 10.0 Å². The molecule has 1 aliphatic rings. The Morgan fingerprint density at radius 2 is 1.91 bits per heavy atom. The summed E-state index contributed by atoms with van der Waals surface area (Å²) in [6, 6.07) is 10.7. The first kappa shape index (κ1) is 16.2.